The summed E-state index contributed by atoms with van der Waals surface area (Å²) in [6, 6.07) is 0. The van der Waals surface area contributed by atoms with Crippen molar-refractivity contribution in [3.63, 3.8) is 0 Å². The number of hydrogen-bond donors (Lipinski definition) is 5. The third-order valence-electron chi connectivity index (χ3n) is 8.37. The summed E-state index contributed by atoms with van der Waals surface area (Å²) in [7, 11) is 1.23. The molecule has 0 aromatic rings. The molecule has 3 heterocycles. The van der Waals surface area contributed by atoms with Crippen LogP contribution in [0.25, 0.3) is 0 Å². The monoisotopic (exact) mass is 584 g/mol. The molecule has 0 aromatic carbocycles. The Bertz CT molecular complexity index is 1050. The number of hydrogen-bond acceptors (Lipinski definition) is 14. The molecule has 5 N–H and O–H groups in total. The van der Waals surface area contributed by atoms with Gasteiger partial charge in [-0.1, -0.05) is 13.0 Å². The van der Waals surface area contributed by atoms with Gasteiger partial charge in [-0.3, -0.25) is 0 Å². The van der Waals surface area contributed by atoms with Crippen LogP contribution < -0.4 is 0 Å². The molecule has 1 saturated heterocycles. The van der Waals surface area contributed by atoms with E-state index in [1.165, 1.54) is 13.2 Å². The van der Waals surface area contributed by atoms with Crippen molar-refractivity contribution < 1.29 is 68.3 Å². The van der Waals surface area contributed by atoms with Crippen LogP contribution in [-0.4, -0.2) is 107 Å². The molecule has 0 unspecified atom stereocenters. The van der Waals surface area contributed by atoms with Crippen molar-refractivity contribution >= 4 is 18.2 Å². The van der Waals surface area contributed by atoms with E-state index in [0.29, 0.717) is 6.29 Å². The van der Waals surface area contributed by atoms with Gasteiger partial charge < -0.3 is 58.7 Å². The lowest BCUT2D eigenvalue weighted by atomic mass is 9.82. The average molecular weight is 585 g/mol. The van der Waals surface area contributed by atoms with Crippen LogP contribution in [0.2, 0.25) is 0 Å². The fraction of sp³-hybridized carbons (Fsp3) is 0.667. The number of esters is 2. The molecule has 14 heteroatoms. The highest BCUT2D eigenvalue weighted by Crippen LogP contribution is 2.48. The van der Waals surface area contributed by atoms with E-state index in [1.807, 2.05) is 0 Å². The summed E-state index contributed by atoms with van der Waals surface area (Å²) in [6.45, 7) is 4.86. The van der Waals surface area contributed by atoms with Gasteiger partial charge in [0, 0.05) is 36.0 Å². The van der Waals surface area contributed by atoms with E-state index in [-0.39, 0.29) is 24.0 Å². The summed E-state index contributed by atoms with van der Waals surface area (Å²) < 4.78 is 32.6. The normalized spacial score (nSPS) is 42.0. The van der Waals surface area contributed by atoms with E-state index < -0.39 is 97.5 Å². The molecule has 13 atom stereocenters. The van der Waals surface area contributed by atoms with Gasteiger partial charge in [0.2, 0.25) is 6.29 Å². The van der Waals surface area contributed by atoms with E-state index in [2.05, 4.69) is 6.58 Å². The zero-order chi connectivity index (χ0) is 30.0. The molecule has 41 heavy (non-hydrogen) atoms. The number of carbonyl (C=O) groups is 3. The summed E-state index contributed by atoms with van der Waals surface area (Å²) in [5.41, 5.74) is 0.241. The van der Waals surface area contributed by atoms with Gasteiger partial charge in [-0.25, -0.2) is 9.59 Å². The molecule has 4 aliphatic rings. The number of aliphatic hydroxyl groups is 5. The minimum atomic E-state index is -1.70. The quantitative estimate of drug-likeness (QED) is 0.121. The van der Waals surface area contributed by atoms with Crippen molar-refractivity contribution in [1.82, 2.24) is 0 Å². The van der Waals surface area contributed by atoms with Crippen LogP contribution >= 0.6 is 0 Å². The minimum Gasteiger partial charge on any atom is -0.472 e. The predicted molar refractivity (Wildman–Crippen MR) is 133 cm³/mol. The first-order valence-corrected chi connectivity index (χ1v) is 13.3. The van der Waals surface area contributed by atoms with Crippen LogP contribution in [0.4, 0.5) is 0 Å². The Hall–Kier alpha value is -2.85. The fourth-order valence-electron chi connectivity index (χ4n) is 6.04. The maximum atomic E-state index is 13.4. The Morgan fingerprint density at radius 1 is 1.05 bits per heavy atom. The first kappa shape index (κ1) is 31.1. The Labute approximate surface area is 235 Å². The van der Waals surface area contributed by atoms with Gasteiger partial charge in [0.15, 0.2) is 12.6 Å². The van der Waals surface area contributed by atoms with Crippen LogP contribution in [0.15, 0.2) is 36.3 Å². The van der Waals surface area contributed by atoms with Crippen molar-refractivity contribution in [2.75, 3.05) is 13.7 Å². The minimum absolute atomic E-state index is 0.0123. The highest BCUT2D eigenvalue weighted by atomic mass is 16.8. The average Bonchev–Trinajstić information content (AvgIpc) is 3.29. The highest BCUT2D eigenvalue weighted by Gasteiger charge is 2.53. The second kappa shape index (κ2) is 13.0. The third-order valence-corrected chi connectivity index (χ3v) is 8.37. The lowest BCUT2D eigenvalue weighted by Crippen LogP contribution is -2.60. The van der Waals surface area contributed by atoms with Gasteiger partial charge in [-0.15, -0.1) is 6.58 Å². The van der Waals surface area contributed by atoms with E-state index in [4.69, 9.17) is 28.4 Å². The van der Waals surface area contributed by atoms with Crippen LogP contribution in [0, 0.1) is 29.6 Å². The Kier molecular flexibility index (Phi) is 9.85. The second-order valence-corrected chi connectivity index (χ2v) is 10.5. The fourth-order valence-corrected chi connectivity index (χ4v) is 6.04. The van der Waals surface area contributed by atoms with Gasteiger partial charge in [0.25, 0.3) is 0 Å². The number of methoxy groups -OCH3 is 1. The molecule has 3 aliphatic heterocycles. The van der Waals surface area contributed by atoms with Crippen molar-refractivity contribution in [2.45, 2.75) is 69.2 Å². The lowest BCUT2D eigenvalue weighted by Gasteiger charge is -2.43. The van der Waals surface area contributed by atoms with Crippen molar-refractivity contribution in [3.05, 3.63) is 36.3 Å². The van der Waals surface area contributed by atoms with Crippen LogP contribution in [0.1, 0.15) is 19.8 Å². The molecule has 228 valence electrons. The second-order valence-electron chi connectivity index (χ2n) is 10.5. The molecular weight excluding hydrogens is 548 g/mol. The zero-order valence-electron chi connectivity index (χ0n) is 22.6. The molecule has 0 bridgehead atoms. The first-order chi connectivity index (χ1) is 19.6. The number of aldehydes is 1. The summed E-state index contributed by atoms with van der Waals surface area (Å²) >= 11 is 0. The first-order valence-electron chi connectivity index (χ1n) is 13.3. The van der Waals surface area contributed by atoms with Crippen LogP contribution in [-0.2, 0) is 42.8 Å². The number of carbonyl (C=O) groups excluding carboxylic acids is 3. The van der Waals surface area contributed by atoms with Crippen LogP contribution in [0.5, 0.6) is 0 Å². The van der Waals surface area contributed by atoms with Gasteiger partial charge in [0.05, 0.1) is 37.4 Å². The number of rotatable bonds is 9. The summed E-state index contributed by atoms with van der Waals surface area (Å²) in [4.78, 5) is 37.2. The molecular formula is C27H36O14. The van der Waals surface area contributed by atoms with Gasteiger partial charge in [-0.05, 0) is 6.42 Å². The SMILES string of the molecule is C=C[C@H]1[C@H](O[C@@H]2O[C@H](CO)[C@@H](O)[C@H](O)[C@H]2O)OC=C(C(=O)O[C@H]2C[C@@H]3C(C(=O)OC)=CO[C@@H](O)[C@@H]3[C@H]2C)[C@H]1CC=O. The molecule has 0 spiro atoms. The predicted octanol–water partition coefficient (Wildman–Crippen LogP) is -1.36. The summed E-state index contributed by atoms with van der Waals surface area (Å²) in [5, 5.41) is 50.3. The van der Waals surface area contributed by atoms with E-state index >= 15 is 0 Å². The zero-order valence-corrected chi connectivity index (χ0v) is 22.6. The number of fused-ring (bicyclic) bond motifs is 1. The largest absolute Gasteiger partial charge is 0.472 e. The van der Waals surface area contributed by atoms with Crippen molar-refractivity contribution in [3.8, 4) is 0 Å². The molecule has 1 aliphatic carbocycles. The van der Waals surface area contributed by atoms with Gasteiger partial charge in [0.1, 0.15) is 36.8 Å². The molecule has 4 rings (SSSR count). The lowest BCUT2D eigenvalue weighted by molar-refractivity contribution is -0.339. The number of ether oxygens (including phenoxy) is 6. The molecule has 14 nitrogen and oxygen atoms in total. The maximum Gasteiger partial charge on any atom is 0.337 e. The number of aliphatic hydroxyl groups excluding tert-OH is 5. The molecule has 1 saturated carbocycles. The standard InChI is InChI=1S/C27H36O14/c1-4-12-13(5-6-28)15(10-38-26(12)41-27-22(32)21(31)20(30)18(8-29)40-27)24(34)39-17-7-14-16(23(33)36-3)9-37-25(35)19(14)11(17)2/h4,6,9-14,17-22,25-27,29-32,35H,1,5,7-8H2,2-3H3/t11-,12+,13-,14+,17-,18+,19+,20+,21-,22+,25+,26-,27-/m0/s1. The Morgan fingerprint density at radius 2 is 1.76 bits per heavy atom. The summed E-state index contributed by atoms with van der Waals surface area (Å²) in [5.74, 6) is -4.46. The van der Waals surface area contributed by atoms with Crippen LogP contribution in [0.3, 0.4) is 0 Å². The smallest absolute Gasteiger partial charge is 0.337 e. The topological polar surface area (TPSA) is 208 Å². The summed E-state index contributed by atoms with van der Waals surface area (Å²) in [6.07, 6.45) is -6.55. The Morgan fingerprint density at radius 3 is 2.39 bits per heavy atom. The third kappa shape index (κ3) is 5.91. The Balaban J connectivity index is 1.50. The van der Waals surface area contributed by atoms with E-state index in [0.717, 1.165) is 12.5 Å². The molecule has 0 radical (unpaired) electrons. The maximum absolute atomic E-state index is 13.4. The highest BCUT2D eigenvalue weighted by molar-refractivity contribution is 5.90. The van der Waals surface area contributed by atoms with Gasteiger partial charge >= 0.3 is 11.9 Å². The van der Waals surface area contributed by atoms with Crippen molar-refractivity contribution in [2.24, 2.45) is 29.6 Å². The molecule has 0 aromatic heterocycles. The van der Waals surface area contributed by atoms with E-state index in [9.17, 15) is 39.9 Å². The van der Waals surface area contributed by atoms with E-state index in [1.54, 1.807) is 6.92 Å². The molecule has 2 fully saturated rings. The van der Waals surface area contributed by atoms with Crippen molar-refractivity contribution in [1.29, 1.82) is 0 Å². The van der Waals surface area contributed by atoms with Gasteiger partial charge in [-0.2, -0.15) is 0 Å². The molecule has 0 amide bonds.